The maximum absolute atomic E-state index is 12.8. The minimum Gasteiger partial charge on any atom is -0.327 e. The highest BCUT2D eigenvalue weighted by molar-refractivity contribution is 5.94. The molecule has 2 bridgehead atoms. The minimum absolute atomic E-state index is 0.0748. The smallest absolute Gasteiger partial charge is 0.227 e. The molecular weight excluding hydrogens is 300 g/mol. The number of nitrogens with zero attached hydrogens (tertiary/aromatic N) is 2. The topological polar surface area (TPSA) is 72.9 Å². The molecule has 1 aromatic heterocycles. The molecule has 0 saturated heterocycles. The summed E-state index contributed by atoms with van der Waals surface area (Å²) in [5.74, 6) is 1.22. The molecule has 2 atom stereocenters. The Balaban J connectivity index is 1.51. The number of carbonyl (C=O) groups is 1. The molecule has 2 unspecified atom stereocenters. The van der Waals surface area contributed by atoms with E-state index in [0.29, 0.717) is 17.9 Å². The van der Waals surface area contributed by atoms with Crippen molar-refractivity contribution in [3.05, 3.63) is 42.7 Å². The Bertz CT molecular complexity index is 698. The number of nitrogens with one attached hydrogen (secondary N) is 1. The van der Waals surface area contributed by atoms with Crippen molar-refractivity contribution in [1.82, 2.24) is 9.78 Å². The average Bonchev–Trinajstić information content (AvgIpc) is 3.09. The third-order valence-corrected chi connectivity index (χ3v) is 5.70. The molecule has 2 saturated carbocycles. The van der Waals surface area contributed by atoms with Gasteiger partial charge < -0.3 is 11.1 Å². The standard InChI is InChI=1S/C19H24N4O/c20-18-13-5-3-6-14(18)12-15(11-13)19(24)22-16-7-1-2-8-17(16)23-10-4-9-21-23/h1-2,4,7-10,13-15,18H,3,5-6,11-12,20H2,(H,22,24). The number of benzene rings is 1. The summed E-state index contributed by atoms with van der Waals surface area (Å²) in [6.07, 6.45) is 9.08. The van der Waals surface area contributed by atoms with E-state index in [9.17, 15) is 4.79 Å². The lowest BCUT2D eigenvalue weighted by Gasteiger charge is -2.43. The van der Waals surface area contributed by atoms with Gasteiger partial charge in [-0.25, -0.2) is 4.68 Å². The molecule has 2 aliphatic carbocycles. The fraction of sp³-hybridized carbons (Fsp3) is 0.474. The molecule has 0 aliphatic heterocycles. The zero-order chi connectivity index (χ0) is 16.5. The molecule has 5 nitrogen and oxygen atoms in total. The van der Waals surface area contributed by atoms with E-state index in [-0.39, 0.29) is 11.8 Å². The number of rotatable bonds is 3. The van der Waals surface area contributed by atoms with Gasteiger partial charge in [0.2, 0.25) is 5.91 Å². The first-order valence-corrected chi connectivity index (χ1v) is 8.88. The van der Waals surface area contributed by atoms with Gasteiger partial charge in [0.05, 0.1) is 11.4 Å². The van der Waals surface area contributed by atoms with Crippen LogP contribution in [0.25, 0.3) is 5.69 Å². The van der Waals surface area contributed by atoms with Crippen molar-refractivity contribution in [1.29, 1.82) is 0 Å². The molecule has 2 aromatic rings. The van der Waals surface area contributed by atoms with E-state index in [1.54, 1.807) is 10.9 Å². The number of anilines is 1. The molecule has 1 aromatic carbocycles. The highest BCUT2D eigenvalue weighted by Gasteiger charge is 2.40. The van der Waals surface area contributed by atoms with Crippen LogP contribution < -0.4 is 11.1 Å². The number of fused-ring (bicyclic) bond motifs is 2. The Morgan fingerprint density at radius 2 is 1.92 bits per heavy atom. The van der Waals surface area contributed by atoms with Gasteiger partial charge in [0.15, 0.2) is 0 Å². The lowest BCUT2D eigenvalue weighted by Crippen LogP contribution is -2.48. The largest absolute Gasteiger partial charge is 0.327 e. The van der Waals surface area contributed by atoms with Gasteiger partial charge in [0.1, 0.15) is 0 Å². The summed E-state index contributed by atoms with van der Waals surface area (Å²) in [5.41, 5.74) is 8.05. The predicted molar refractivity (Wildman–Crippen MR) is 93.7 cm³/mol. The molecule has 4 rings (SSSR count). The van der Waals surface area contributed by atoms with Crippen LogP contribution in [0.1, 0.15) is 32.1 Å². The van der Waals surface area contributed by atoms with Crippen molar-refractivity contribution < 1.29 is 4.79 Å². The van der Waals surface area contributed by atoms with E-state index in [1.165, 1.54) is 19.3 Å². The van der Waals surface area contributed by atoms with Gasteiger partial charge in [-0.05, 0) is 55.7 Å². The van der Waals surface area contributed by atoms with Crippen LogP contribution >= 0.6 is 0 Å². The summed E-state index contributed by atoms with van der Waals surface area (Å²) in [6.45, 7) is 0. The first-order chi connectivity index (χ1) is 11.7. The zero-order valence-corrected chi connectivity index (χ0v) is 13.8. The van der Waals surface area contributed by atoms with Gasteiger partial charge in [-0.1, -0.05) is 18.6 Å². The Labute approximate surface area is 142 Å². The molecule has 2 fully saturated rings. The predicted octanol–water partition coefficient (Wildman–Crippen LogP) is 2.96. The number of carbonyl (C=O) groups excluding carboxylic acids is 1. The maximum Gasteiger partial charge on any atom is 0.227 e. The number of amides is 1. The summed E-state index contributed by atoms with van der Waals surface area (Å²) >= 11 is 0. The highest BCUT2D eigenvalue weighted by Crippen LogP contribution is 2.42. The van der Waals surface area contributed by atoms with Gasteiger partial charge in [-0.2, -0.15) is 5.10 Å². The van der Waals surface area contributed by atoms with Gasteiger partial charge in [-0.15, -0.1) is 0 Å². The van der Waals surface area contributed by atoms with Gasteiger partial charge in [0.25, 0.3) is 0 Å². The monoisotopic (exact) mass is 324 g/mol. The fourth-order valence-electron chi connectivity index (χ4n) is 4.43. The van der Waals surface area contributed by atoms with Crippen LogP contribution in [-0.4, -0.2) is 21.7 Å². The molecule has 0 spiro atoms. The Morgan fingerprint density at radius 3 is 2.62 bits per heavy atom. The summed E-state index contributed by atoms with van der Waals surface area (Å²) < 4.78 is 1.78. The molecule has 5 heteroatoms. The van der Waals surface area contributed by atoms with E-state index in [4.69, 9.17) is 5.73 Å². The number of aromatic nitrogens is 2. The normalized spacial score (nSPS) is 29.2. The van der Waals surface area contributed by atoms with Crippen LogP contribution in [0.15, 0.2) is 42.7 Å². The molecule has 0 radical (unpaired) electrons. The van der Waals surface area contributed by atoms with Crippen LogP contribution in [0.4, 0.5) is 5.69 Å². The lowest BCUT2D eigenvalue weighted by molar-refractivity contribution is -0.122. The average molecular weight is 324 g/mol. The van der Waals surface area contributed by atoms with Crippen molar-refractivity contribution in [2.24, 2.45) is 23.5 Å². The van der Waals surface area contributed by atoms with Crippen molar-refractivity contribution >= 4 is 11.6 Å². The van der Waals surface area contributed by atoms with Gasteiger partial charge >= 0.3 is 0 Å². The van der Waals surface area contributed by atoms with Crippen LogP contribution in [0.5, 0.6) is 0 Å². The van der Waals surface area contributed by atoms with E-state index < -0.39 is 0 Å². The van der Waals surface area contributed by atoms with Crippen molar-refractivity contribution in [3.63, 3.8) is 0 Å². The van der Waals surface area contributed by atoms with Crippen molar-refractivity contribution in [3.8, 4) is 5.69 Å². The van der Waals surface area contributed by atoms with E-state index in [0.717, 1.165) is 24.2 Å². The quantitative estimate of drug-likeness (QED) is 0.911. The van der Waals surface area contributed by atoms with Crippen LogP contribution in [0.3, 0.4) is 0 Å². The maximum atomic E-state index is 12.8. The Hall–Kier alpha value is -2.14. The summed E-state index contributed by atoms with van der Waals surface area (Å²) in [6, 6.07) is 9.96. The molecule has 24 heavy (non-hydrogen) atoms. The fourth-order valence-corrected chi connectivity index (χ4v) is 4.43. The Kier molecular flexibility index (Phi) is 4.10. The second-order valence-corrected chi connectivity index (χ2v) is 7.15. The van der Waals surface area contributed by atoms with Crippen molar-refractivity contribution in [2.45, 2.75) is 38.1 Å². The summed E-state index contributed by atoms with van der Waals surface area (Å²) in [7, 11) is 0. The number of hydrogen-bond acceptors (Lipinski definition) is 3. The SMILES string of the molecule is NC1C2CCCC1CC(C(=O)Nc1ccccc1-n1cccn1)C2. The lowest BCUT2D eigenvalue weighted by atomic mass is 9.65. The van der Waals surface area contributed by atoms with E-state index in [1.807, 2.05) is 36.5 Å². The first-order valence-electron chi connectivity index (χ1n) is 8.88. The minimum atomic E-state index is 0.0748. The molecule has 1 heterocycles. The van der Waals surface area contributed by atoms with Crippen LogP contribution in [0, 0.1) is 17.8 Å². The summed E-state index contributed by atoms with van der Waals surface area (Å²) in [4.78, 5) is 12.8. The molecule has 3 N–H and O–H groups in total. The third kappa shape index (κ3) is 2.84. The summed E-state index contributed by atoms with van der Waals surface area (Å²) in [5, 5.41) is 7.40. The van der Waals surface area contributed by atoms with E-state index >= 15 is 0 Å². The highest BCUT2D eigenvalue weighted by atomic mass is 16.1. The number of para-hydroxylation sites is 2. The second-order valence-electron chi connectivity index (χ2n) is 7.15. The molecular formula is C19H24N4O. The Morgan fingerprint density at radius 1 is 1.17 bits per heavy atom. The zero-order valence-electron chi connectivity index (χ0n) is 13.8. The van der Waals surface area contributed by atoms with Gasteiger partial charge in [-0.3, -0.25) is 4.79 Å². The third-order valence-electron chi connectivity index (χ3n) is 5.70. The number of hydrogen-bond donors (Lipinski definition) is 2. The first kappa shape index (κ1) is 15.4. The van der Waals surface area contributed by atoms with E-state index in [2.05, 4.69) is 10.4 Å². The number of nitrogens with two attached hydrogens (primary N) is 1. The van der Waals surface area contributed by atoms with Crippen molar-refractivity contribution in [2.75, 3.05) is 5.32 Å². The van der Waals surface area contributed by atoms with Gasteiger partial charge in [0, 0.05) is 24.4 Å². The molecule has 2 aliphatic rings. The molecule has 126 valence electrons. The second kappa shape index (κ2) is 6.40. The van der Waals surface area contributed by atoms with Crippen LogP contribution in [-0.2, 0) is 4.79 Å². The van der Waals surface area contributed by atoms with Crippen LogP contribution in [0.2, 0.25) is 0 Å². The molecule has 1 amide bonds.